The van der Waals surface area contributed by atoms with Gasteiger partial charge in [0, 0.05) is 49.8 Å². The van der Waals surface area contributed by atoms with Crippen molar-refractivity contribution in [2.75, 3.05) is 0 Å². The minimum atomic E-state index is 0.580. The highest BCUT2D eigenvalue weighted by Crippen LogP contribution is 2.47. The Labute approximate surface area is 399 Å². The maximum atomic E-state index is 5.43. The Hall–Kier alpha value is -8.68. The molecule has 7 heteroatoms. The molecule has 0 amide bonds. The smallest absolute Gasteiger partial charge is 0.164 e. The first-order valence-corrected chi connectivity index (χ1v) is 23.7. The van der Waals surface area contributed by atoms with Gasteiger partial charge in [0.2, 0.25) is 0 Å². The lowest BCUT2D eigenvalue weighted by molar-refractivity contribution is 1.03. The minimum Gasteiger partial charge on any atom is -0.306 e. The Morgan fingerprint density at radius 1 is 0.304 bits per heavy atom. The zero-order valence-corrected chi connectivity index (χ0v) is 39.4. The van der Waals surface area contributed by atoms with Gasteiger partial charge in [-0.1, -0.05) is 152 Å². The fraction of sp³-hybridized carbons (Fsp3) is 0.0968. The number of rotatable bonds is 6. The van der Waals surface area contributed by atoms with Crippen LogP contribution in [0.25, 0.3) is 117 Å². The molecule has 5 heterocycles. The normalized spacial score (nSPS) is 11.9. The summed E-state index contributed by atoms with van der Waals surface area (Å²) in [7, 11) is 0. The Kier molecular flexibility index (Phi) is 9.08. The first kappa shape index (κ1) is 40.6. The Bertz CT molecular complexity index is 3870. The molecule has 5 aromatic heterocycles. The lowest BCUT2D eigenvalue weighted by atomic mass is 10.1. The van der Waals surface area contributed by atoms with Crippen LogP contribution in [0.4, 0.5) is 0 Å². The highest BCUT2D eigenvalue weighted by Gasteiger charge is 2.29. The number of para-hydroxylation sites is 5. The van der Waals surface area contributed by atoms with Gasteiger partial charge >= 0.3 is 0 Å². The molecule has 7 nitrogen and oxygen atoms in total. The maximum Gasteiger partial charge on any atom is 0.164 e. The number of aryl methyl sites for hydroxylation is 6. The number of nitrogens with zero attached hydrogens (tertiary/aromatic N) is 7. The van der Waals surface area contributed by atoms with Crippen LogP contribution in [0, 0.1) is 41.5 Å². The van der Waals surface area contributed by atoms with Gasteiger partial charge in [0.25, 0.3) is 0 Å². The van der Waals surface area contributed by atoms with Gasteiger partial charge in [-0.3, -0.25) is 4.98 Å². The summed E-state index contributed by atoms with van der Waals surface area (Å²) in [5, 5.41) is 5.90. The molecule has 13 rings (SSSR count). The summed E-state index contributed by atoms with van der Waals surface area (Å²) in [6, 6.07) is 60.7. The molecule has 0 fully saturated rings. The van der Waals surface area contributed by atoms with Crippen molar-refractivity contribution in [1.82, 2.24) is 33.6 Å². The molecular weight excluding hydrogens is 843 g/mol. The fourth-order valence-electron chi connectivity index (χ4n) is 11.2. The van der Waals surface area contributed by atoms with E-state index in [1.54, 1.807) is 0 Å². The maximum absolute atomic E-state index is 5.43. The van der Waals surface area contributed by atoms with E-state index in [1.165, 1.54) is 43.8 Å². The molecule has 0 aliphatic rings. The molecule has 69 heavy (non-hydrogen) atoms. The topological polar surface area (TPSA) is 66.3 Å². The quantitative estimate of drug-likeness (QED) is 0.167. The molecule has 0 saturated heterocycles. The van der Waals surface area contributed by atoms with Gasteiger partial charge < -0.3 is 13.7 Å². The highest BCUT2D eigenvalue weighted by molar-refractivity contribution is 6.15. The number of pyridine rings is 1. The second-order valence-corrected chi connectivity index (χ2v) is 18.6. The van der Waals surface area contributed by atoms with Crippen LogP contribution >= 0.6 is 0 Å². The van der Waals surface area contributed by atoms with Crippen LogP contribution in [0.15, 0.2) is 176 Å². The van der Waals surface area contributed by atoms with Gasteiger partial charge in [-0.15, -0.1) is 0 Å². The molecular formula is C62H47N7. The number of hydrogen-bond acceptors (Lipinski definition) is 4. The van der Waals surface area contributed by atoms with Gasteiger partial charge in [-0.05, 0) is 93.1 Å². The van der Waals surface area contributed by atoms with E-state index >= 15 is 0 Å². The molecule has 0 N–H and O–H groups in total. The summed E-state index contributed by atoms with van der Waals surface area (Å²) < 4.78 is 7.59. The second kappa shape index (κ2) is 15.4. The Morgan fingerprint density at radius 2 is 0.652 bits per heavy atom. The van der Waals surface area contributed by atoms with Crippen LogP contribution in [-0.4, -0.2) is 33.6 Å². The summed E-state index contributed by atoms with van der Waals surface area (Å²) >= 11 is 0. The minimum absolute atomic E-state index is 0.580. The molecule has 0 radical (unpaired) electrons. The molecule has 0 saturated carbocycles. The summed E-state index contributed by atoms with van der Waals surface area (Å²) in [6.45, 7) is 13.4. The van der Waals surface area contributed by atoms with E-state index in [0.717, 1.165) is 88.9 Å². The third-order valence-corrected chi connectivity index (χ3v) is 14.2. The molecule has 13 aromatic rings. The summed E-state index contributed by atoms with van der Waals surface area (Å²) in [4.78, 5) is 21.2. The van der Waals surface area contributed by atoms with E-state index < -0.39 is 0 Å². The molecule has 0 aliphatic heterocycles. The van der Waals surface area contributed by atoms with Crippen molar-refractivity contribution in [1.29, 1.82) is 0 Å². The molecule has 0 spiro atoms. The first-order chi connectivity index (χ1) is 33.7. The van der Waals surface area contributed by atoms with Crippen LogP contribution in [-0.2, 0) is 0 Å². The zero-order chi connectivity index (χ0) is 46.7. The van der Waals surface area contributed by atoms with Gasteiger partial charge in [0.15, 0.2) is 17.5 Å². The summed E-state index contributed by atoms with van der Waals surface area (Å²) in [6.07, 6.45) is 1.95. The predicted octanol–water partition coefficient (Wildman–Crippen LogP) is 15.4. The van der Waals surface area contributed by atoms with Crippen molar-refractivity contribution in [3.05, 3.63) is 209 Å². The predicted molar refractivity (Wildman–Crippen MR) is 285 cm³/mol. The Morgan fingerprint density at radius 3 is 1.06 bits per heavy atom. The number of benzene rings is 8. The van der Waals surface area contributed by atoms with Gasteiger partial charge in [-0.2, -0.15) is 0 Å². The molecule has 0 atom stereocenters. The summed E-state index contributed by atoms with van der Waals surface area (Å²) in [5.41, 5.74) is 20.5. The van der Waals surface area contributed by atoms with Crippen molar-refractivity contribution in [2.45, 2.75) is 41.5 Å². The van der Waals surface area contributed by atoms with E-state index in [4.69, 9.17) is 19.9 Å². The molecule has 0 aliphatic carbocycles. The Balaban J connectivity index is 1.32. The highest BCUT2D eigenvalue weighted by atomic mass is 15.1. The number of aromatic nitrogens is 7. The molecule has 330 valence electrons. The van der Waals surface area contributed by atoms with Crippen LogP contribution < -0.4 is 0 Å². The van der Waals surface area contributed by atoms with Crippen LogP contribution in [0.2, 0.25) is 0 Å². The van der Waals surface area contributed by atoms with E-state index in [0.29, 0.717) is 17.5 Å². The SMILES string of the molecule is Cc1cccc2c3cccc(C)c3n(-c3cc(-c4nc(-c5ccccc5)nc(-c5ccccc5)n4)cc(-n4c5c(C)cccc5c5cccc(C)c54)c3-n3c4c(C)cccc4c4nccc(C)c43)c12. The van der Waals surface area contributed by atoms with E-state index in [1.807, 2.05) is 42.6 Å². The number of fused-ring (bicyclic) bond motifs is 9. The van der Waals surface area contributed by atoms with Crippen molar-refractivity contribution in [3.63, 3.8) is 0 Å². The van der Waals surface area contributed by atoms with E-state index in [9.17, 15) is 0 Å². The molecule has 8 aromatic carbocycles. The summed E-state index contributed by atoms with van der Waals surface area (Å²) in [5.74, 6) is 1.80. The average molecular weight is 890 g/mol. The molecule has 0 bridgehead atoms. The second-order valence-electron chi connectivity index (χ2n) is 18.6. The third-order valence-electron chi connectivity index (χ3n) is 14.2. The lowest BCUT2D eigenvalue weighted by Crippen LogP contribution is -2.12. The lowest BCUT2D eigenvalue weighted by Gasteiger charge is -2.25. The van der Waals surface area contributed by atoms with E-state index in [2.05, 4.69) is 189 Å². The van der Waals surface area contributed by atoms with Gasteiger partial charge in [-0.25, -0.2) is 15.0 Å². The van der Waals surface area contributed by atoms with E-state index in [-0.39, 0.29) is 0 Å². The largest absolute Gasteiger partial charge is 0.306 e. The van der Waals surface area contributed by atoms with Crippen molar-refractivity contribution in [2.24, 2.45) is 0 Å². The van der Waals surface area contributed by atoms with Crippen LogP contribution in [0.3, 0.4) is 0 Å². The molecule has 0 unspecified atom stereocenters. The van der Waals surface area contributed by atoms with Gasteiger partial charge in [0.1, 0.15) is 0 Å². The van der Waals surface area contributed by atoms with Crippen LogP contribution in [0.5, 0.6) is 0 Å². The zero-order valence-electron chi connectivity index (χ0n) is 39.4. The monoisotopic (exact) mass is 889 g/mol. The van der Waals surface area contributed by atoms with Crippen molar-refractivity contribution in [3.8, 4) is 51.2 Å². The standard InChI is InChI=1S/C62H47N7/c1-36-18-13-27-45-46-28-14-19-37(2)54(46)67(53(36)45)50-34-44(62-65-60(42-23-9-7-10-24-42)64-61(66-62)43-25-11-8-12-26-43)35-51(68-55-38(3)20-15-29-47(55)48-30-16-21-39(4)56(48)68)59(50)69-57-40(5)22-17-31-49(57)52-58(69)41(6)32-33-63-52/h7-35H,1-6H3. The van der Waals surface area contributed by atoms with Crippen molar-refractivity contribution < 1.29 is 0 Å². The average Bonchev–Trinajstić information content (AvgIpc) is 4.03. The third kappa shape index (κ3) is 6.06. The van der Waals surface area contributed by atoms with Crippen LogP contribution in [0.1, 0.15) is 33.4 Å². The number of hydrogen-bond donors (Lipinski definition) is 0. The van der Waals surface area contributed by atoms with Crippen molar-refractivity contribution >= 4 is 65.5 Å². The fourth-order valence-corrected chi connectivity index (χ4v) is 11.2. The first-order valence-electron chi connectivity index (χ1n) is 23.7. The van der Waals surface area contributed by atoms with Gasteiger partial charge in [0.05, 0.1) is 55.7 Å².